The van der Waals surface area contributed by atoms with Crippen molar-refractivity contribution in [1.82, 2.24) is 4.90 Å². The van der Waals surface area contributed by atoms with Crippen molar-refractivity contribution in [2.24, 2.45) is 5.29 Å². The van der Waals surface area contributed by atoms with Gasteiger partial charge in [-0.15, -0.1) is 4.91 Å². The number of hydrogen-bond donors (Lipinski definition) is 0. The Morgan fingerprint density at radius 2 is 2.05 bits per heavy atom. The lowest BCUT2D eigenvalue weighted by Gasteiger charge is -2.18. The van der Waals surface area contributed by atoms with Crippen LogP contribution in [0.1, 0.15) is 23.5 Å². The first-order chi connectivity index (χ1) is 8.95. The number of rotatable bonds is 3. The van der Waals surface area contributed by atoms with E-state index in [1.807, 2.05) is 19.1 Å². The van der Waals surface area contributed by atoms with Crippen molar-refractivity contribution in [2.75, 3.05) is 19.1 Å². The number of nitrogens with zero attached hydrogens (tertiary/aromatic N) is 3. The highest BCUT2D eigenvalue weighted by Crippen LogP contribution is 2.35. The number of carbonyl (C=O) groups is 2. The predicted octanol–water partition coefficient (Wildman–Crippen LogP) is 1.58. The number of benzene rings is 1. The first-order valence-corrected chi connectivity index (χ1v) is 5.93. The Balaban J connectivity index is 2.49. The van der Waals surface area contributed by atoms with E-state index in [9.17, 15) is 14.5 Å². The van der Waals surface area contributed by atoms with Crippen LogP contribution in [0.3, 0.4) is 0 Å². The number of likely N-dealkylation sites (N-methyl/N-ethyl adjacent to an activating group) is 1. The fraction of sp³-hybridized carbons (Fsp3) is 0.385. The largest absolute Gasteiger partial charge is 0.285 e. The molecular formula is C13H15N3O3. The number of imide groups is 1. The molecule has 100 valence electrons. The third-order valence-electron chi connectivity index (χ3n) is 3.41. The summed E-state index contributed by atoms with van der Waals surface area (Å²) in [7, 11) is 2.99. The second kappa shape index (κ2) is 4.79. The molecule has 1 atom stereocenters. The number of aryl methyl sites for hydroxylation is 1. The number of hydrogen-bond acceptors (Lipinski definition) is 4. The highest BCUT2D eigenvalue weighted by molar-refractivity contribution is 6.06. The molecule has 0 radical (unpaired) electrons. The maximum atomic E-state index is 12.1. The molecule has 0 bridgehead atoms. The zero-order valence-electron chi connectivity index (χ0n) is 11.1. The van der Waals surface area contributed by atoms with Crippen LogP contribution in [0.15, 0.2) is 23.5 Å². The van der Waals surface area contributed by atoms with Gasteiger partial charge in [-0.2, -0.15) is 0 Å². The molecule has 0 saturated carbocycles. The van der Waals surface area contributed by atoms with Gasteiger partial charge in [0, 0.05) is 20.5 Å². The Morgan fingerprint density at radius 3 is 2.58 bits per heavy atom. The molecule has 0 spiro atoms. The maximum absolute atomic E-state index is 12.1. The van der Waals surface area contributed by atoms with Crippen LogP contribution in [0.2, 0.25) is 0 Å². The number of amides is 2. The number of anilines is 1. The van der Waals surface area contributed by atoms with Gasteiger partial charge in [-0.05, 0) is 18.6 Å². The lowest BCUT2D eigenvalue weighted by atomic mass is 9.94. The SMILES string of the molecule is Cc1ccc(N(C)N=O)c([C@@H]2CC(=O)N(C)C2=O)c1. The van der Waals surface area contributed by atoms with Crippen LogP contribution < -0.4 is 5.01 Å². The summed E-state index contributed by atoms with van der Waals surface area (Å²) in [5, 5.41) is 4.03. The van der Waals surface area contributed by atoms with Gasteiger partial charge in [0.25, 0.3) is 0 Å². The molecule has 1 aliphatic rings. The minimum atomic E-state index is -0.531. The molecule has 0 unspecified atom stereocenters. The van der Waals surface area contributed by atoms with E-state index in [2.05, 4.69) is 5.29 Å². The van der Waals surface area contributed by atoms with Gasteiger partial charge in [0.2, 0.25) is 11.8 Å². The monoisotopic (exact) mass is 261 g/mol. The van der Waals surface area contributed by atoms with Crippen LogP contribution in [0, 0.1) is 11.8 Å². The summed E-state index contributed by atoms with van der Waals surface area (Å²) in [6.07, 6.45) is 0.137. The van der Waals surface area contributed by atoms with Crippen molar-refractivity contribution in [3.05, 3.63) is 34.2 Å². The lowest BCUT2D eigenvalue weighted by molar-refractivity contribution is -0.137. The highest BCUT2D eigenvalue weighted by Gasteiger charge is 2.38. The smallest absolute Gasteiger partial charge is 0.237 e. The summed E-state index contributed by atoms with van der Waals surface area (Å²) in [6.45, 7) is 1.90. The van der Waals surface area contributed by atoms with Crippen LogP contribution in [-0.2, 0) is 9.59 Å². The molecule has 0 N–H and O–H groups in total. The number of likely N-dealkylation sites (tertiary alicyclic amines) is 1. The Bertz CT molecular complexity index is 556. The molecule has 19 heavy (non-hydrogen) atoms. The van der Waals surface area contributed by atoms with Crippen molar-refractivity contribution in [1.29, 1.82) is 0 Å². The van der Waals surface area contributed by atoms with E-state index < -0.39 is 5.92 Å². The Kier molecular flexibility index (Phi) is 3.33. The summed E-state index contributed by atoms with van der Waals surface area (Å²) in [5.41, 5.74) is 2.19. The molecule has 6 heteroatoms. The van der Waals surface area contributed by atoms with Crippen molar-refractivity contribution in [2.45, 2.75) is 19.3 Å². The normalized spacial score (nSPS) is 18.9. The first kappa shape index (κ1) is 13.2. The molecular weight excluding hydrogens is 246 g/mol. The van der Waals surface area contributed by atoms with Gasteiger partial charge >= 0.3 is 0 Å². The van der Waals surface area contributed by atoms with Gasteiger partial charge in [0.1, 0.15) is 0 Å². The van der Waals surface area contributed by atoms with E-state index >= 15 is 0 Å². The van der Waals surface area contributed by atoms with E-state index in [0.717, 1.165) is 10.5 Å². The fourth-order valence-corrected chi connectivity index (χ4v) is 2.29. The van der Waals surface area contributed by atoms with Gasteiger partial charge < -0.3 is 0 Å². The van der Waals surface area contributed by atoms with Crippen molar-refractivity contribution in [3.63, 3.8) is 0 Å². The van der Waals surface area contributed by atoms with E-state index in [1.54, 1.807) is 6.07 Å². The van der Waals surface area contributed by atoms with Gasteiger partial charge in [0.15, 0.2) is 0 Å². The lowest BCUT2D eigenvalue weighted by Crippen LogP contribution is -2.25. The van der Waals surface area contributed by atoms with E-state index in [-0.39, 0.29) is 18.2 Å². The average Bonchev–Trinajstić information content (AvgIpc) is 2.65. The second-order valence-electron chi connectivity index (χ2n) is 4.72. The molecule has 2 amide bonds. The summed E-state index contributed by atoms with van der Waals surface area (Å²) in [4.78, 5) is 35.5. The number of carbonyl (C=O) groups excluding carboxylic acids is 2. The summed E-state index contributed by atoms with van der Waals surface area (Å²) in [6, 6.07) is 5.40. The van der Waals surface area contributed by atoms with Gasteiger partial charge in [-0.3, -0.25) is 14.5 Å². The van der Waals surface area contributed by atoms with Crippen LogP contribution in [-0.4, -0.2) is 30.8 Å². The molecule has 1 fully saturated rings. The fourth-order valence-electron chi connectivity index (χ4n) is 2.29. The van der Waals surface area contributed by atoms with Gasteiger partial charge in [0.05, 0.1) is 16.9 Å². The predicted molar refractivity (Wildman–Crippen MR) is 70.5 cm³/mol. The molecule has 0 aliphatic carbocycles. The standard InChI is InChI=1S/C13H15N3O3/c1-8-4-5-11(16(3)14-19)9(6-8)10-7-12(17)15(2)13(10)18/h4-6,10H,7H2,1-3H3/t10-/m0/s1. The van der Waals surface area contributed by atoms with E-state index in [4.69, 9.17) is 0 Å². The van der Waals surface area contributed by atoms with E-state index in [0.29, 0.717) is 11.3 Å². The summed E-state index contributed by atoms with van der Waals surface area (Å²) < 4.78 is 0. The Morgan fingerprint density at radius 1 is 1.37 bits per heavy atom. The minimum absolute atomic E-state index is 0.137. The van der Waals surface area contributed by atoms with Gasteiger partial charge in [-0.25, -0.2) is 5.01 Å². The topological polar surface area (TPSA) is 70.1 Å². The summed E-state index contributed by atoms with van der Waals surface area (Å²) in [5.74, 6) is -0.975. The van der Waals surface area contributed by atoms with Crippen LogP contribution >= 0.6 is 0 Å². The Hall–Kier alpha value is -2.24. The van der Waals surface area contributed by atoms with Crippen LogP contribution in [0.25, 0.3) is 0 Å². The average molecular weight is 261 g/mol. The van der Waals surface area contributed by atoms with Crippen molar-refractivity contribution in [3.8, 4) is 0 Å². The van der Waals surface area contributed by atoms with Crippen LogP contribution in [0.5, 0.6) is 0 Å². The van der Waals surface area contributed by atoms with Crippen LogP contribution in [0.4, 0.5) is 5.69 Å². The zero-order chi connectivity index (χ0) is 14.2. The van der Waals surface area contributed by atoms with Gasteiger partial charge in [-0.1, -0.05) is 17.7 Å². The third-order valence-corrected chi connectivity index (χ3v) is 3.41. The molecule has 1 aromatic carbocycles. The Labute approximate surface area is 110 Å². The van der Waals surface area contributed by atoms with E-state index in [1.165, 1.54) is 19.1 Å². The molecule has 1 aliphatic heterocycles. The molecule has 1 saturated heterocycles. The first-order valence-electron chi connectivity index (χ1n) is 5.93. The number of nitroso groups, excluding NO2 is 1. The minimum Gasteiger partial charge on any atom is -0.285 e. The molecule has 1 heterocycles. The van der Waals surface area contributed by atoms with Crippen molar-refractivity contribution < 1.29 is 9.59 Å². The maximum Gasteiger partial charge on any atom is 0.237 e. The molecule has 0 aromatic heterocycles. The quantitative estimate of drug-likeness (QED) is 0.470. The highest BCUT2D eigenvalue weighted by atomic mass is 16.3. The summed E-state index contributed by atoms with van der Waals surface area (Å²) >= 11 is 0. The third kappa shape index (κ3) is 2.21. The molecule has 2 rings (SSSR count). The molecule has 1 aromatic rings. The molecule has 6 nitrogen and oxygen atoms in total. The van der Waals surface area contributed by atoms with Crippen molar-refractivity contribution >= 4 is 17.5 Å². The zero-order valence-corrected chi connectivity index (χ0v) is 11.1. The second-order valence-corrected chi connectivity index (χ2v) is 4.72.